The molecule has 0 aromatic rings. The molecule has 500 valence electrons. The van der Waals surface area contributed by atoms with Crippen molar-refractivity contribution in [1.82, 2.24) is 0 Å². The molecule has 5 saturated heterocycles. The minimum atomic E-state index is -2.18. The van der Waals surface area contributed by atoms with Crippen LogP contribution >= 0.6 is 0 Å². The van der Waals surface area contributed by atoms with Gasteiger partial charge in [0.1, 0.15) is 97.7 Å². The van der Waals surface area contributed by atoms with Gasteiger partial charge in [0.05, 0.1) is 49.8 Å². The molecule has 27 nitrogen and oxygen atoms in total. The number of aliphatic hydroxyl groups is 15. The topological polar surface area (TPSA) is 433 Å². The lowest BCUT2D eigenvalue weighted by molar-refractivity contribution is -0.407. The van der Waals surface area contributed by atoms with E-state index >= 15 is 0 Å². The van der Waals surface area contributed by atoms with E-state index in [1.165, 1.54) is 19.4 Å². The van der Waals surface area contributed by atoms with E-state index < -0.39 is 213 Å². The number of hydrogen-bond acceptors (Lipinski definition) is 26. The van der Waals surface area contributed by atoms with Crippen LogP contribution in [0, 0.1) is 50.2 Å². The first-order valence-corrected chi connectivity index (χ1v) is 31.1. The molecular weight excluding hydrogens is 1150 g/mol. The Bertz CT molecular complexity index is 2460. The highest BCUT2D eigenvalue weighted by Crippen LogP contribution is 2.76. The minimum Gasteiger partial charge on any atom is -0.479 e. The molecule has 0 aromatic heterocycles. The zero-order valence-electron chi connectivity index (χ0n) is 51.2. The third kappa shape index (κ3) is 11.0. The maximum Gasteiger partial charge on any atom is 0.335 e. The average Bonchev–Trinajstić information content (AvgIpc) is 0.678. The molecule has 87 heavy (non-hydrogen) atoms. The Morgan fingerprint density at radius 1 is 0.517 bits per heavy atom. The molecule has 27 heteroatoms. The van der Waals surface area contributed by atoms with Crippen molar-refractivity contribution in [3.8, 4) is 0 Å². The van der Waals surface area contributed by atoms with Crippen LogP contribution in [0.1, 0.15) is 121 Å². The number of ether oxygens (including phenoxy) is 10. The third-order valence-corrected chi connectivity index (χ3v) is 23.9. The van der Waals surface area contributed by atoms with Gasteiger partial charge in [0.25, 0.3) is 0 Å². The Balaban J connectivity index is 0.914. The molecular formula is C60H98O27. The van der Waals surface area contributed by atoms with Crippen LogP contribution in [0.5, 0.6) is 0 Å². The van der Waals surface area contributed by atoms with Crippen molar-refractivity contribution in [2.45, 2.75) is 292 Å². The molecule has 0 radical (unpaired) electrons. The van der Waals surface area contributed by atoms with Gasteiger partial charge in [0.15, 0.2) is 37.6 Å². The molecule has 9 fully saturated rings. The molecule has 0 unspecified atom stereocenters. The van der Waals surface area contributed by atoms with Gasteiger partial charge < -0.3 is 129 Å². The highest BCUT2D eigenvalue weighted by Gasteiger charge is 2.71. The summed E-state index contributed by atoms with van der Waals surface area (Å²) in [6, 6.07) is 0. The first-order chi connectivity index (χ1) is 40.6. The van der Waals surface area contributed by atoms with E-state index in [0.717, 1.165) is 12.8 Å². The number of carbonyl (C=O) groups is 1. The summed E-state index contributed by atoms with van der Waals surface area (Å²) in [5, 5.41) is 177. The molecule has 0 amide bonds. The van der Waals surface area contributed by atoms with Crippen LogP contribution in [0.3, 0.4) is 0 Å². The van der Waals surface area contributed by atoms with Crippen LogP contribution in [-0.2, 0) is 52.2 Å². The fraction of sp³-hybridized carbons (Fsp3) is 0.950. The van der Waals surface area contributed by atoms with Crippen molar-refractivity contribution in [2.75, 3.05) is 13.2 Å². The lowest BCUT2D eigenvalue weighted by Gasteiger charge is -2.72. The second-order valence-electron chi connectivity index (χ2n) is 29.2. The summed E-state index contributed by atoms with van der Waals surface area (Å²) in [5.74, 6) is -1.88. The summed E-state index contributed by atoms with van der Waals surface area (Å²) in [6.45, 7) is 18.0. The second-order valence-corrected chi connectivity index (χ2v) is 29.2. The summed E-state index contributed by atoms with van der Waals surface area (Å²) in [6.07, 6.45) is -38.1. The van der Waals surface area contributed by atoms with Crippen LogP contribution in [-0.4, -0.2) is 273 Å². The van der Waals surface area contributed by atoms with Gasteiger partial charge in [-0.3, -0.25) is 0 Å². The Morgan fingerprint density at radius 2 is 1.02 bits per heavy atom. The third-order valence-electron chi connectivity index (χ3n) is 23.9. The molecule has 16 N–H and O–H groups in total. The van der Waals surface area contributed by atoms with Crippen LogP contribution in [0.25, 0.3) is 0 Å². The van der Waals surface area contributed by atoms with E-state index in [-0.39, 0.29) is 35.0 Å². The summed E-state index contributed by atoms with van der Waals surface area (Å²) in [4.78, 5) is 12.8. The van der Waals surface area contributed by atoms with E-state index in [4.69, 9.17) is 47.4 Å². The normalized spacial score (nSPS) is 56.9. The van der Waals surface area contributed by atoms with Gasteiger partial charge in [0, 0.05) is 10.8 Å². The first-order valence-electron chi connectivity index (χ1n) is 31.1. The Morgan fingerprint density at radius 3 is 1.55 bits per heavy atom. The Hall–Kier alpha value is -1.79. The smallest absolute Gasteiger partial charge is 0.335 e. The van der Waals surface area contributed by atoms with Gasteiger partial charge in [-0.05, 0) is 112 Å². The van der Waals surface area contributed by atoms with Crippen molar-refractivity contribution in [3.05, 3.63) is 11.6 Å². The van der Waals surface area contributed by atoms with E-state index in [2.05, 4.69) is 33.8 Å². The SMILES string of the molecule is C[C@@H]1O[C@@H](O[C@@H]2[C@H](O)[C@@H](O[C@@H]3O[C@@H](C)[C@H](O)[C@@H](O)[C@H]3O)[C@H](O[C@H]3[C@H](O[C@H]4CC[C@@]5(C)[C@@H](CC[C@]6(C)[C@@H]5CC=C5[C@@H]7CC(C)(C)[C@@H](O[C@@H]8O[C@@H](C)[C@H](O)[C@@H](O)[C@H]8O)[C@@H](O)[C@]7(C)CC[C@]56C)[C@@]4(C)CO)O[C@H](C(=O)O)[C@@H](O)[C@@H]3O)O[C@@H]2CO)[C@H](O)[C@H](O)[C@H]1O. The molecule has 4 saturated carbocycles. The van der Waals surface area contributed by atoms with Crippen molar-refractivity contribution in [1.29, 1.82) is 0 Å². The molecule has 0 spiro atoms. The lowest BCUT2D eigenvalue weighted by atomic mass is 9.33. The number of carboxylic acid groups (broad SMARTS) is 1. The summed E-state index contributed by atoms with van der Waals surface area (Å²) in [7, 11) is 0. The highest BCUT2D eigenvalue weighted by atomic mass is 16.8. The minimum absolute atomic E-state index is 0.0555. The maximum absolute atomic E-state index is 12.8. The van der Waals surface area contributed by atoms with E-state index in [1.807, 2.05) is 20.8 Å². The molecule has 5 heterocycles. The van der Waals surface area contributed by atoms with Crippen molar-refractivity contribution in [2.24, 2.45) is 50.2 Å². The van der Waals surface area contributed by atoms with Gasteiger partial charge >= 0.3 is 5.97 Å². The molecule has 36 atom stereocenters. The first kappa shape index (κ1) is 68.1. The fourth-order valence-electron chi connectivity index (χ4n) is 18.1. The monoisotopic (exact) mass is 1250 g/mol. The van der Waals surface area contributed by atoms with Gasteiger partial charge in [-0.2, -0.15) is 0 Å². The molecule has 0 bridgehead atoms. The summed E-state index contributed by atoms with van der Waals surface area (Å²) < 4.78 is 61.2. The number of aliphatic carboxylic acids is 1. The largest absolute Gasteiger partial charge is 0.479 e. The molecule has 5 aliphatic carbocycles. The van der Waals surface area contributed by atoms with Crippen LogP contribution in [0.15, 0.2) is 11.6 Å². The zero-order valence-corrected chi connectivity index (χ0v) is 51.2. The van der Waals surface area contributed by atoms with Crippen molar-refractivity contribution in [3.63, 3.8) is 0 Å². The molecule has 0 aromatic carbocycles. The number of allylic oxidation sites excluding steroid dienone is 2. The highest BCUT2D eigenvalue weighted by molar-refractivity contribution is 5.73. The average molecular weight is 1250 g/mol. The molecule has 10 aliphatic rings. The van der Waals surface area contributed by atoms with Crippen molar-refractivity contribution >= 4 is 5.97 Å². The number of hydrogen-bond donors (Lipinski definition) is 16. The van der Waals surface area contributed by atoms with Crippen LogP contribution < -0.4 is 0 Å². The Kier molecular flexibility index (Phi) is 19.2. The zero-order chi connectivity index (χ0) is 63.9. The van der Waals surface area contributed by atoms with Crippen LogP contribution in [0.2, 0.25) is 0 Å². The maximum atomic E-state index is 12.8. The number of rotatable bonds is 13. The number of fused-ring (bicyclic) bond motifs is 7. The quantitative estimate of drug-likeness (QED) is 0.0663. The summed E-state index contributed by atoms with van der Waals surface area (Å²) in [5.41, 5.74) is -2.14. The fourth-order valence-corrected chi connectivity index (χ4v) is 18.1. The Labute approximate surface area is 506 Å². The van der Waals surface area contributed by atoms with E-state index in [9.17, 15) is 86.5 Å². The van der Waals surface area contributed by atoms with E-state index in [0.29, 0.717) is 32.1 Å². The predicted molar refractivity (Wildman–Crippen MR) is 294 cm³/mol. The lowest BCUT2D eigenvalue weighted by Crippen LogP contribution is -2.69. The van der Waals surface area contributed by atoms with Gasteiger partial charge in [-0.25, -0.2) is 4.79 Å². The van der Waals surface area contributed by atoms with Crippen molar-refractivity contribution < 1.29 is 134 Å². The van der Waals surface area contributed by atoms with Gasteiger partial charge in [0.2, 0.25) is 0 Å². The van der Waals surface area contributed by atoms with E-state index in [1.54, 1.807) is 6.92 Å². The summed E-state index contributed by atoms with van der Waals surface area (Å²) >= 11 is 0. The van der Waals surface area contributed by atoms with Gasteiger partial charge in [-0.1, -0.05) is 60.1 Å². The number of carboxylic acids is 1. The molecule has 5 aliphatic heterocycles. The van der Waals surface area contributed by atoms with Crippen LogP contribution in [0.4, 0.5) is 0 Å². The second kappa shape index (κ2) is 24.5. The standard InChI is InChI=1S/C60H98O27/c1-22-31(63)34(66)39(71)50(78-22)83-43-27(20-61)81-53(46(42(43)74)85-51-40(72)35(67)32(64)23(2)79-51)86-45-38(70)37(69)44(49(76)77)84-54(45)82-30-14-15-57(7)28(58(30,8)21-62)13-16-60(10)29(57)12-11-25-26-19-55(4,5)48(47(75)56(26,6)17-18-59(25,60)9)87-52-41(73)36(68)33(65)24(3)80-52/h11,22-24,26-48,50-54,61-75H,12-21H2,1-10H3,(H,76,77)/t22-,23-,24-,26-,27+,28+,29+,30-,31-,32-,33-,34+,35+,36+,37-,38-,39+,40+,41+,42-,43-,44-,45+,46+,47+,48-,50-,51-,52-,53-,54+,56+,57-,58+,59+,60+/m0/s1. The predicted octanol–water partition coefficient (Wildman–Crippen LogP) is -2.62. The van der Waals surface area contributed by atoms with Gasteiger partial charge in [-0.15, -0.1) is 0 Å². The molecule has 10 rings (SSSR count). The number of aliphatic hydroxyl groups excluding tert-OH is 15.